The van der Waals surface area contributed by atoms with E-state index in [1.807, 2.05) is 18.2 Å². The number of para-hydroxylation sites is 1. The molecule has 94 valence electrons. The average molecular weight is 275 g/mol. The lowest BCUT2D eigenvalue weighted by Gasteiger charge is -2.30. The standard InChI is InChI=1S/C12H16Cl2N2O/c1-16-5-6-17-9(8-16)7-15-12-10(13)3-2-4-11(12)14/h2-4,9,15H,5-8H2,1H3. The summed E-state index contributed by atoms with van der Waals surface area (Å²) in [6.07, 6.45) is 0.182. The summed E-state index contributed by atoms with van der Waals surface area (Å²) in [5.74, 6) is 0. The number of hydrogen-bond donors (Lipinski definition) is 1. The lowest BCUT2D eigenvalue weighted by atomic mass is 10.2. The fourth-order valence-corrected chi connectivity index (χ4v) is 2.40. The van der Waals surface area contributed by atoms with E-state index < -0.39 is 0 Å². The van der Waals surface area contributed by atoms with E-state index in [4.69, 9.17) is 27.9 Å². The van der Waals surface area contributed by atoms with Crippen molar-refractivity contribution in [2.24, 2.45) is 0 Å². The highest BCUT2D eigenvalue weighted by Gasteiger charge is 2.18. The van der Waals surface area contributed by atoms with E-state index in [2.05, 4.69) is 17.3 Å². The fourth-order valence-electron chi connectivity index (χ4n) is 1.87. The van der Waals surface area contributed by atoms with Crippen molar-refractivity contribution >= 4 is 28.9 Å². The summed E-state index contributed by atoms with van der Waals surface area (Å²) >= 11 is 12.2. The molecule has 1 atom stereocenters. The summed E-state index contributed by atoms with van der Waals surface area (Å²) < 4.78 is 5.66. The van der Waals surface area contributed by atoms with Gasteiger partial charge < -0.3 is 15.0 Å². The SMILES string of the molecule is CN1CCOC(CNc2c(Cl)cccc2Cl)C1. The molecule has 0 aromatic heterocycles. The Hall–Kier alpha value is -0.480. The zero-order valence-corrected chi connectivity index (χ0v) is 11.3. The van der Waals surface area contributed by atoms with E-state index in [0.717, 1.165) is 25.4 Å². The van der Waals surface area contributed by atoms with Crippen LogP contribution in [0.25, 0.3) is 0 Å². The molecule has 0 spiro atoms. The van der Waals surface area contributed by atoms with Crippen LogP contribution in [0.5, 0.6) is 0 Å². The highest BCUT2D eigenvalue weighted by atomic mass is 35.5. The van der Waals surface area contributed by atoms with Crippen molar-refractivity contribution < 1.29 is 4.74 Å². The fraction of sp³-hybridized carbons (Fsp3) is 0.500. The van der Waals surface area contributed by atoms with Gasteiger partial charge >= 0.3 is 0 Å². The molecule has 0 amide bonds. The van der Waals surface area contributed by atoms with Crippen molar-refractivity contribution in [1.82, 2.24) is 4.90 Å². The third-order valence-electron chi connectivity index (χ3n) is 2.81. The average Bonchev–Trinajstić information content (AvgIpc) is 2.28. The molecule has 2 rings (SSSR count). The normalized spacial score (nSPS) is 21.5. The van der Waals surface area contributed by atoms with Crippen molar-refractivity contribution in [2.45, 2.75) is 6.10 Å². The second kappa shape index (κ2) is 5.91. The van der Waals surface area contributed by atoms with E-state index in [0.29, 0.717) is 16.6 Å². The van der Waals surface area contributed by atoms with Crippen molar-refractivity contribution in [3.63, 3.8) is 0 Å². The summed E-state index contributed by atoms with van der Waals surface area (Å²) in [6.45, 7) is 3.41. The molecule has 1 unspecified atom stereocenters. The van der Waals surface area contributed by atoms with Gasteiger partial charge in [-0.3, -0.25) is 0 Å². The van der Waals surface area contributed by atoms with Crippen molar-refractivity contribution in [3.05, 3.63) is 28.2 Å². The number of likely N-dealkylation sites (N-methyl/N-ethyl adjacent to an activating group) is 1. The lowest BCUT2D eigenvalue weighted by Crippen LogP contribution is -2.43. The lowest BCUT2D eigenvalue weighted by molar-refractivity contribution is -0.0117. The maximum absolute atomic E-state index is 6.08. The van der Waals surface area contributed by atoms with Crippen LogP contribution >= 0.6 is 23.2 Å². The molecule has 1 fully saturated rings. The molecule has 1 aromatic carbocycles. The molecule has 5 heteroatoms. The first-order chi connectivity index (χ1) is 8.16. The van der Waals surface area contributed by atoms with Gasteiger partial charge in [-0.2, -0.15) is 0 Å². The van der Waals surface area contributed by atoms with Crippen molar-refractivity contribution in [2.75, 3.05) is 38.6 Å². The van der Waals surface area contributed by atoms with Crippen molar-refractivity contribution in [3.8, 4) is 0 Å². The molecule has 1 saturated heterocycles. The Morgan fingerprint density at radius 3 is 2.76 bits per heavy atom. The van der Waals surface area contributed by atoms with Gasteiger partial charge in [0.15, 0.2) is 0 Å². The van der Waals surface area contributed by atoms with Gasteiger partial charge in [0.2, 0.25) is 0 Å². The number of rotatable bonds is 3. The van der Waals surface area contributed by atoms with Crippen LogP contribution in [-0.2, 0) is 4.74 Å². The molecule has 1 aromatic rings. The first-order valence-electron chi connectivity index (χ1n) is 5.65. The van der Waals surface area contributed by atoms with E-state index in [1.54, 1.807) is 0 Å². The first kappa shape index (κ1) is 13.0. The third kappa shape index (κ3) is 3.49. The Balaban J connectivity index is 1.93. The Morgan fingerprint density at radius 1 is 1.41 bits per heavy atom. The number of ether oxygens (including phenoxy) is 1. The first-order valence-corrected chi connectivity index (χ1v) is 6.40. The van der Waals surface area contributed by atoms with E-state index in [1.165, 1.54) is 0 Å². The highest BCUT2D eigenvalue weighted by molar-refractivity contribution is 6.39. The second-order valence-electron chi connectivity index (χ2n) is 4.23. The predicted molar refractivity (Wildman–Crippen MR) is 72.2 cm³/mol. The molecule has 1 heterocycles. The van der Waals surface area contributed by atoms with Gasteiger partial charge in [0.05, 0.1) is 28.4 Å². The minimum Gasteiger partial charge on any atom is -0.380 e. The Bertz CT molecular complexity index is 367. The van der Waals surface area contributed by atoms with Gasteiger partial charge in [-0.15, -0.1) is 0 Å². The van der Waals surface area contributed by atoms with Crippen LogP contribution in [0.4, 0.5) is 5.69 Å². The van der Waals surface area contributed by atoms with Gasteiger partial charge in [0, 0.05) is 19.6 Å². The number of morpholine rings is 1. The Morgan fingerprint density at radius 2 is 2.12 bits per heavy atom. The van der Waals surface area contributed by atoms with Crippen LogP contribution in [0.1, 0.15) is 0 Å². The van der Waals surface area contributed by atoms with Crippen LogP contribution in [0.2, 0.25) is 10.0 Å². The van der Waals surface area contributed by atoms with E-state index in [-0.39, 0.29) is 6.10 Å². The summed E-state index contributed by atoms with van der Waals surface area (Å²) in [5.41, 5.74) is 0.785. The van der Waals surface area contributed by atoms with Crippen molar-refractivity contribution in [1.29, 1.82) is 0 Å². The van der Waals surface area contributed by atoms with Crippen LogP contribution < -0.4 is 5.32 Å². The molecular formula is C12H16Cl2N2O. The Kier molecular flexibility index (Phi) is 4.51. The maximum Gasteiger partial charge on any atom is 0.0874 e. The number of benzene rings is 1. The van der Waals surface area contributed by atoms with Gasteiger partial charge in [-0.25, -0.2) is 0 Å². The largest absolute Gasteiger partial charge is 0.380 e. The number of nitrogens with zero attached hydrogens (tertiary/aromatic N) is 1. The molecule has 3 nitrogen and oxygen atoms in total. The van der Waals surface area contributed by atoms with Gasteiger partial charge in [-0.05, 0) is 19.2 Å². The van der Waals surface area contributed by atoms with Gasteiger partial charge in [0.1, 0.15) is 0 Å². The number of hydrogen-bond acceptors (Lipinski definition) is 3. The quantitative estimate of drug-likeness (QED) is 0.918. The van der Waals surface area contributed by atoms with Gasteiger partial charge in [0.25, 0.3) is 0 Å². The molecule has 0 radical (unpaired) electrons. The molecule has 0 bridgehead atoms. The summed E-state index contributed by atoms with van der Waals surface area (Å²) in [5, 5.41) is 4.54. The summed E-state index contributed by atoms with van der Waals surface area (Å²) in [6, 6.07) is 5.48. The zero-order valence-electron chi connectivity index (χ0n) is 9.75. The highest BCUT2D eigenvalue weighted by Crippen LogP contribution is 2.29. The van der Waals surface area contributed by atoms with Crippen LogP contribution in [0.15, 0.2) is 18.2 Å². The Labute approximate surface area is 112 Å². The molecular weight excluding hydrogens is 259 g/mol. The topological polar surface area (TPSA) is 24.5 Å². The number of nitrogens with one attached hydrogen (secondary N) is 1. The third-order valence-corrected chi connectivity index (χ3v) is 3.44. The monoisotopic (exact) mass is 274 g/mol. The minimum atomic E-state index is 0.182. The smallest absolute Gasteiger partial charge is 0.0874 e. The molecule has 1 N–H and O–H groups in total. The van der Waals surface area contributed by atoms with E-state index in [9.17, 15) is 0 Å². The molecule has 1 aliphatic heterocycles. The van der Waals surface area contributed by atoms with Crippen LogP contribution in [0.3, 0.4) is 0 Å². The number of halogens is 2. The second-order valence-corrected chi connectivity index (χ2v) is 5.05. The molecule has 1 aliphatic rings. The number of anilines is 1. The molecule has 17 heavy (non-hydrogen) atoms. The zero-order chi connectivity index (χ0) is 12.3. The van der Waals surface area contributed by atoms with Crippen LogP contribution in [0, 0.1) is 0 Å². The van der Waals surface area contributed by atoms with E-state index >= 15 is 0 Å². The maximum atomic E-state index is 6.08. The summed E-state index contributed by atoms with van der Waals surface area (Å²) in [4.78, 5) is 2.25. The predicted octanol–water partition coefficient (Wildman–Crippen LogP) is 2.74. The minimum absolute atomic E-state index is 0.182. The molecule has 0 aliphatic carbocycles. The van der Waals surface area contributed by atoms with Gasteiger partial charge in [-0.1, -0.05) is 29.3 Å². The summed E-state index contributed by atoms with van der Waals surface area (Å²) in [7, 11) is 2.10. The molecule has 0 saturated carbocycles. The van der Waals surface area contributed by atoms with Crippen LogP contribution in [-0.4, -0.2) is 44.3 Å².